The molecule has 0 saturated carbocycles. The molecule has 0 unspecified atom stereocenters. The van der Waals surface area contributed by atoms with Crippen molar-refractivity contribution in [3.05, 3.63) is 0 Å². The molecule has 165 valence electrons. The molecular weight excluding hydrogens is 417 g/mol. The molecule has 28 heavy (non-hydrogen) atoms. The normalized spacial score (nSPS) is 12.0. The molecule has 0 saturated heterocycles. The van der Waals surface area contributed by atoms with Gasteiger partial charge in [-0.05, 0) is 0 Å². The molecule has 1 atom stereocenters. The van der Waals surface area contributed by atoms with Crippen LogP contribution in [0.3, 0.4) is 0 Å². The summed E-state index contributed by atoms with van der Waals surface area (Å²) in [7, 11) is 0. The minimum absolute atomic E-state index is 0.209. The van der Waals surface area contributed by atoms with E-state index in [0.717, 1.165) is 12.8 Å². The second-order valence-corrected chi connectivity index (χ2v) is 8.59. The predicted molar refractivity (Wildman–Crippen MR) is 119 cm³/mol. The van der Waals surface area contributed by atoms with Gasteiger partial charge in [0.1, 0.15) is 0 Å². The van der Waals surface area contributed by atoms with Crippen LogP contribution < -0.4 is 5.32 Å². The van der Waals surface area contributed by atoms with Gasteiger partial charge in [-0.3, -0.25) is 0 Å². The van der Waals surface area contributed by atoms with Crippen LogP contribution in [-0.2, 0) is 14.3 Å². The second kappa shape index (κ2) is 21.2. The number of esters is 1. The van der Waals surface area contributed by atoms with E-state index in [1.807, 2.05) is 0 Å². The third-order valence-electron chi connectivity index (χ3n) is 5.07. The molecule has 0 rings (SSSR count). The van der Waals surface area contributed by atoms with E-state index in [2.05, 4.69) is 28.3 Å². The van der Waals surface area contributed by atoms with Crippen molar-refractivity contribution in [2.75, 3.05) is 6.61 Å². The number of hydrogen-bond donors (Lipinski definition) is 1. The zero-order valence-corrected chi connectivity index (χ0v) is 20.2. The average Bonchev–Trinajstić information content (AvgIpc) is 2.68. The summed E-state index contributed by atoms with van der Waals surface area (Å²) in [5, 5.41) is 3.03. The molecule has 0 aromatic carbocycles. The third-order valence-corrected chi connectivity index (χ3v) is 5.77. The van der Waals surface area contributed by atoms with Crippen molar-refractivity contribution in [3.63, 3.8) is 0 Å². The van der Waals surface area contributed by atoms with Crippen LogP contribution in [0.2, 0.25) is 5.32 Å². The van der Waals surface area contributed by atoms with Crippen LogP contribution in [0.25, 0.3) is 0 Å². The zero-order chi connectivity index (χ0) is 20.9. The standard InChI is InChI=1S/C23H44NO3Se/c1-3-4-5-6-7-8-9-10-11-12-13-14-15-16-17-18-19-27-23(26)22(20-28)24-21(2)25/h22H,3-20H2,1-2H3,(H,24,25)/t22-/m0/s1. The Morgan fingerprint density at radius 3 is 1.50 bits per heavy atom. The van der Waals surface area contributed by atoms with E-state index < -0.39 is 6.04 Å². The van der Waals surface area contributed by atoms with Crippen LogP contribution in [0.1, 0.15) is 117 Å². The van der Waals surface area contributed by atoms with Gasteiger partial charge in [-0.15, -0.1) is 0 Å². The number of carbonyl (C=O) groups excluding carboxylic acids is 2. The Balaban J connectivity index is 3.27. The molecule has 0 heterocycles. The molecule has 1 N–H and O–H groups in total. The zero-order valence-electron chi connectivity index (χ0n) is 18.4. The molecule has 0 aliphatic heterocycles. The fourth-order valence-corrected chi connectivity index (χ4v) is 3.80. The summed E-state index contributed by atoms with van der Waals surface area (Å²) in [6.45, 7) is 4.13. The monoisotopic (exact) mass is 462 g/mol. The third kappa shape index (κ3) is 18.8. The molecule has 5 heteroatoms. The summed E-state index contributed by atoms with van der Waals surface area (Å²) in [4.78, 5) is 22.8. The van der Waals surface area contributed by atoms with Crippen molar-refractivity contribution >= 4 is 27.9 Å². The van der Waals surface area contributed by atoms with Crippen LogP contribution in [-0.4, -0.2) is 40.5 Å². The Kier molecular flexibility index (Phi) is 20.8. The molecule has 0 bridgehead atoms. The maximum absolute atomic E-state index is 11.8. The van der Waals surface area contributed by atoms with Crippen LogP contribution in [0.4, 0.5) is 0 Å². The van der Waals surface area contributed by atoms with Crippen molar-refractivity contribution in [3.8, 4) is 0 Å². The number of amides is 1. The molecule has 0 aromatic rings. The van der Waals surface area contributed by atoms with E-state index in [4.69, 9.17) is 4.74 Å². The SMILES string of the molecule is CCCCCCCCCCCCCCCCCCOC(=O)[C@H](C[Se])NC(C)=O. The fraction of sp³-hybridized carbons (Fsp3) is 0.913. The summed E-state index contributed by atoms with van der Waals surface area (Å²) < 4.78 is 5.24. The van der Waals surface area contributed by atoms with Gasteiger partial charge in [-0.2, -0.15) is 0 Å². The number of hydrogen-bond acceptors (Lipinski definition) is 3. The molecule has 1 amide bonds. The van der Waals surface area contributed by atoms with E-state index >= 15 is 0 Å². The van der Waals surface area contributed by atoms with Gasteiger partial charge in [0, 0.05) is 0 Å². The molecule has 0 aliphatic rings. The van der Waals surface area contributed by atoms with Crippen LogP contribution >= 0.6 is 0 Å². The minimum atomic E-state index is -0.557. The first-order valence-corrected chi connectivity index (χ1v) is 12.8. The Labute approximate surface area is 182 Å². The van der Waals surface area contributed by atoms with Gasteiger partial charge in [-0.1, -0.05) is 64.7 Å². The Morgan fingerprint density at radius 2 is 1.14 bits per heavy atom. The van der Waals surface area contributed by atoms with Crippen LogP contribution in [0, 0.1) is 0 Å². The fourth-order valence-electron chi connectivity index (χ4n) is 3.34. The molecule has 1 radical (unpaired) electrons. The first kappa shape index (κ1) is 27.5. The summed E-state index contributed by atoms with van der Waals surface area (Å²) in [6, 6.07) is -0.557. The van der Waals surface area contributed by atoms with Gasteiger partial charge in [0.15, 0.2) is 0 Å². The van der Waals surface area contributed by atoms with Gasteiger partial charge >= 0.3 is 117 Å². The van der Waals surface area contributed by atoms with E-state index in [1.165, 1.54) is 96.8 Å². The van der Waals surface area contributed by atoms with Crippen LogP contribution in [0.15, 0.2) is 0 Å². The van der Waals surface area contributed by atoms with E-state index in [-0.39, 0.29) is 11.9 Å². The van der Waals surface area contributed by atoms with Crippen molar-refractivity contribution < 1.29 is 14.3 Å². The Morgan fingerprint density at radius 1 is 0.750 bits per heavy atom. The topological polar surface area (TPSA) is 55.4 Å². The summed E-state index contributed by atoms with van der Waals surface area (Å²) in [5.74, 6) is -0.547. The van der Waals surface area contributed by atoms with Gasteiger partial charge in [0.25, 0.3) is 0 Å². The predicted octanol–water partition coefficient (Wildman–Crippen LogP) is 5.88. The summed E-state index contributed by atoms with van der Waals surface area (Å²) in [5.41, 5.74) is 0. The first-order valence-electron chi connectivity index (χ1n) is 11.6. The summed E-state index contributed by atoms with van der Waals surface area (Å²) in [6.07, 6.45) is 21.3. The Hall–Kier alpha value is -0.541. The maximum atomic E-state index is 11.8. The van der Waals surface area contributed by atoms with Crippen molar-refractivity contribution in [1.82, 2.24) is 5.32 Å². The molecule has 0 aliphatic carbocycles. The second-order valence-electron chi connectivity index (χ2n) is 7.89. The number of nitrogens with one attached hydrogen (secondary N) is 1. The van der Waals surface area contributed by atoms with E-state index in [9.17, 15) is 9.59 Å². The van der Waals surface area contributed by atoms with Crippen molar-refractivity contribution in [2.24, 2.45) is 0 Å². The number of rotatable bonds is 20. The molecule has 0 spiro atoms. The molecule has 0 aromatic heterocycles. The van der Waals surface area contributed by atoms with Gasteiger partial charge in [-0.25, -0.2) is 0 Å². The number of carbonyl (C=O) groups is 2. The van der Waals surface area contributed by atoms with Crippen LogP contribution in [0.5, 0.6) is 0 Å². The van der Waals surface area contributed by atoms with Crippen molar-refractivity contribution in [2.45, 2.75) is 128 Å². The summed E-state index contributed by atoms with van der Waals surface area (Å²) >= 11 is 2.77. The number of unbranched alkanes of at least 4 members (excludes halogenated alkanes) is 15. The Bertz CT molecular complexity index is 377. The van der Waals surface area contributed by atoms with Gasteiger partial charge in [0.05, 0.1) is 0 Å². The van der Waals surface area contributed by atoms with Gasteiger partial charge in [0.2, 0.25) is 0 Å². The first-order chi connectivity index (χ1) is 13.6. The number of ether oxygens (including phenoxy) is 1. The molecular formula is C23H44NO3Se. The van der Waals surface area contributed by atoms with Gasteiger partial charge < -0.3 is 0 Å². The molecule has 0 fully saturated rings. The van der Waals surface area contributed by atoms with E-state index in [0.29, 0.717) is 11.9 Å². The van der Waals surface area contributed by atoms with E-state index in [1.54, 1.807) is 0 Å². The average molecular weight is 462 g/mol. The van der Waals surface area contributed by atoms with Crippen molar-refractivity contribution in [1.29, 1.82) is 0 Å². The molecule has 4 nitrogen and oxygen atoms in total. The quantitative estimate of drug-likeness (QED) is 0.140.